The molecule has 13 heavy (non-hydrogen) atoms. The lowest BCUT2D eigenvalue weighted by atomic mass is 9.84. The van der Waals surface area contributed by atoms with Crippen LogP contribution in [-0.2, 0) is 5.41 Å². The van der Waals surface area contributed by atoms with Gasteiger partial charge in [0.05, 0.1) is 5.69 Å². The Bertz CT molecular complexity index is 252. The molecule has 1 aromatic rings. The van der Waals surface area contributed by atoms with Crippen LogP contribution in [0.1, 0.15) is 19.0 Å². The van der Waals surface area contributed by atoms with E-state index in [1.807, 2.05) is 6.92 Å². The molecule has 1 heterocycles. The number of hydrogen-bond acceptors (Lipinski definition) is 4. The highest BCUT2D eigenvalue weighted by Gasteiger charge is 2.25. The van der Waals surface area contributed by atoms with Crippen LogP contribution in [0.5, 0.6) is 0 Å². The van der Waals surface area contributed by atoms with Crippen LogP contribution in [0, 0.1) is 0 Å². The quantitative estimate of drug-likeness (QED) is 0.689. The Balaban J connectivity index is 2.89. The van der Waals surface area contributed by atoms with Gasteiger partial charge in [-0.3, -0.25) is 9.97 Å². The number of aliphatic hydroxyl groups is 1. The molecule has 72 valence electrons. The third kappa shape index (κ3) is 2.23. The second kappa shape index (κ2) is 4.30. The van der Waals surface area contributed by atoms with Gasteiger partial charge in [-0.15, -0.1) is 0 Å². The molecule has 0 saturated carbocycles. The van der Waals surface area contributed by atoms with Gasteiger partial charge in [0.25, 0.3) is 0 Å². The van der Waals surface area contributed by atoms with Crippen LogP contribution in [0.15, 0.2) is 18.6 Å². The van der Waals surface area contributed by atoms with Crippen LogP contribution in [0.25, 0.3) is 0 Å². The van der Waals surface area contributed by atoms with Gasteiger partial charge in [-0.05, 0) is 6.42 Å². The van der Waals surface area contributed by atoms with Crippen LogP contribution < -0.4 is 5.73 Å². The van der Waals surface area contributed by atoms with Gasteiger partial charge in [-0.25, -0.2) is 0 Å². The zero-order chi connectivity index (χ0) is 9.73. The van der Waals surface area contributed by atoms with Crippen molar-refractivity contribution in [1.29, 1.82) is 0 Å². The zero-order valence-corrected chi connectivity index (χ0v) is 7.77. The first-order valence-electron chi connectivity index (χ1n) is 4.30. The summed E-state index contributed by atoms with van der Waals surface area (Å²) in [6, 6.07) is 0. The Morgan fingerprint density at radius 2 is 2.31 bits per heavy atom. The van der Waals surface area contributed by atoms with Crippen molar-refractivity contribution in [1.82, 2.24) is 9.97 Å². The molecule has 0 aromatic carbocycles. The average molecular weight is 181 g/mol. The SMILES string of the molecule is CC(CN)(CCO)c1cnccn1. The van der Waals surface area contributed by atoms with Crippen LogP contribution >= 0.6 is 0 Å². The summed E-state index contributed by atoms with van der Waals surface area (Å²) in [6.45, 7) is 2.56. The lowest BCUT2D eigenvalue weighted by Crippen LogP contribution is -2.33. The van der Waals surface area contributed by atoms with Crippen LogP contribution in [0.2, 0.25) is 0 Å². The largest absolute Gasteiger partial charge is 0.396 e. The highest BCUT2D eigenvalue weighted by molar-refractivity contribution is 5.12. The van der Waals surface area contributed by atoms with E-state index in [1.54, 1.807) is 18.6 Å². The average Bonchev–Trinajstić information content (AvgIpc) is 2.19. The maximum Gasteiger partial charge on any atom is 0.0659 e. The summed E-state index contributed by atoms with van der Waals surface area (Å²) in [7, 11) is 0. The van der Waals surface area contributed by atoms with Crippen molar-refractivity contribution in [2.45, 2.75) is 18.8 Å². The van der Waals surface area contributed by atoms with Gasteiger partial charge in [-0.1, -0.05) is 6.92 Å². The Labute approximate surface area is 77.8 Å². The first kappa shape index (κ1) is 10.1. The second-order valence-corrected chi connectivity index (χ2v) is 3.33. The summed E-state index contributed by atoms with van der Waals surface area (Å²) >= 11 is 0. The fourth-order valence-electron chi connectivity index (χ4n) is 1.19. The summed E-state index contributed by atoms with van der Waals surface area (Å²) in [5.41, 5.74) is 6.22. The molecule has 1 rings (SSSR count). The molecule has 0 spiro atoms. The van der Waals surface area contributed by atoms with Crippen molar-refractivity contribution in [3.63, 3.8) is 0 Å². The summed E-state index contributed by atoms with van der Waals surface area (Å²) in [4.78, 5) is 8.17. The van der Waals surface area contributed by atoms with Crippen molar-refractivity contribution in [3.8, 4) is 0 Å². The second-order valence-electron chi connectivity index (χ2n) is 3.33. The van der Waals surface area contributed by atoms with Crippen molar-refractivity contribution in [3.05, 3.63) is 24.3 Å². The maximum atomic E-state index is 8.89. The van der Waals surface area contributed by atoms with E-state index >= 15 is 0 Å². The summed E-state index contributed by atoms with van der Waals surface area (Å²) in [6.07, 6.45) is 5.57. The number of aliphatic hydroxyl groups excluding tert-OH is 1. The van der Waals surface area contributed by atoms with Crippen LogP contribution in [0.4, 0.5) is 0 Å². The topological polar surface area (TPSA) is 72.0 Å². The predicted octanol–water partition coefficient (Wildman–Crippen LogP) is 0.0754. The molecule has 1 atom stereocenters. The Hall–Kier alpha value is -1.00. The van der Waals surface area contributed by atoms with Gasteiger partial charge >= 0.3 is 0 Å². The van der Waals surface area contributed by atoms with Crippen LogP contribution in [-0.4, -0.2) is 28.2 Å². The molecule has 0 aliphatic rings. The molecule has 0 bridgehead atoms. The third-order valence-electron chi connectivity index (χ3n) is 2.30. The van der Waals surface area contributed by atoms with Crippen molar-refractivity contribution in [2.24, 2.45) is 5.73 Å². The van der Waals surface area contributed by atoms with Crippen molar-refractivity contribution < 1.29 is 5.11 Å². The predicted molar refractivity (Wildman–Crippen MR) is 50.1 cm³/mol. The van der Waals surface area contributed by atoms with Gasteiger partial charge < -0.3 is 10.8 Å². The van der Waals surface area contributed by atoms with Gasteiger partial charge in [0.15, 0.2) is 0 Å². The number of aromatic nitrogens is 2. The highest BCUT2D eigenvalue weighted by Crippen LogP contribution is 2.23. The lowest BCUT2D eigenvalue weighted by Gasteiger charge is -2.25. The highest BCUT2D eigenvalue weighted by atomic mass is 16.3. The molecular formula is C9H15N3O. The first-order chi connectivity index (χ1) is 6.23. The molecule has 0 aliphatic heterocycles. The van der Waals surface area contributed by atoms with E-state index in [0.717, 1.165) is 5.69 Å². The molecule has 4 heteroatoms. The summed E-state index contributed by atoms with van der Waals surface area (Å²) in [5.74, 6) is 0. The van der Waals surface area contributed by atoms with Gasteiger partial charge in [0.1, 0.15) is 0 Å². The molecule has 1 unspecified atom stereocenters. The van der Waals surface area contributed by atoms with Crippen molar-refractivity contribution in [2.75, 3.05) is 13.2 Å². The molecule has 0 aliphatic carbocycles. The standard InChI is InChI=1S/C9H15N3O/c1-9(7-10,2-5-13)8-6-11-3-4-12-8/h3-4,6,13H,2,5,7,10H2,1H3. The van der Waals surface area contributed by atoms with Gasteiger partial charge in [0, 0.05) is 37.2 Å². The van der Waals surface area contributed by atoms with Crippen molar-refractivity contribution >= 4 is 0 Å². The Morgan fingerprint density at radius 3 is 2.77 bits per heavy atom. The minimum Gasteiger partial charge on any atom is -0.396 e. The van der Waals surface area contributed by atoms with Crippen LogP contribution in [0.3, 0.4) is 0 Å². The molecule has 4 nitrogen and oxygen atoms in total. The first-order valence-corrected chi connectivity index (χ1v) is 4.30. The monoisotopic (exact) mass is 181 g/mol. The normalized spacial score (nSPS) is 15.3. The summed E-state index contributed by atoms with van der Waals surface area (Å²) in [5, 5.41) is 8.89. The molecule has 0 fully saturated rings. The minimum absolute atomic E-state index is 0.115. The van der Waals surface area contributed by atoms with E-state index in [9.17, 15) is 0 Å². The Morgan fingerprint density at radius 1 is 1.54 bits per heavy atom. The minimum atomic E-state index is -0.261. The number of hydrogen-bond donors (Lipinski definition) is 2. The maximum absolute atomic E-state index is 8.89. The smallest absolute Gasteiger partial charge is 0.0659 e. The molecular weight excluding hydrogens is 166 g/mol. The van der Waals surface area contributed by atoms with E-state index in [2.05, 4.69) is 9.97 Å². The fourth-order valence-corrected chi connectivity index (χ4v) is 1.19. The lowest BCUT2D eigenvalue weighted by molar-refractivity contribution is 0.244. The van der Waals surface area contributed by atoms with E-state index in [-0.39, 0.29) is 12.0 Å². The molecule has 1 aromatic heterocycles. The number of nitrogens with zero attached hydrogens (tertiary/aromatic N) is 2. The fraction of sp³-hybridized carbons (Fsp3) is 0.556. The summed E-state index contributed by atoms with van der Waals surface area (Å²) < 4.78 is 0. The van der Waals surface area contributed by atoms with Gasteiger partial charge in [-0.2, -0.15) is 0 Å². The van der Waals surface area contributed by atoms with E-state index < -0.39 is 0 Å². The molecule has 0 radical (unpaired) electrons. The third-order valence-corrected chi connectivity index (χ3v) is 2.30. The Kier molecular flexibility index (Phi) is 3.33. The molecule has 3 N–H and O–H groups in total. The van der Waals surface area contributed by atoms with E-state index in [0.29, 0.717) is 13.0 Å². The molecule has 0 saturated heterocycles. The zero-order valence-electron chi connectivity index (χ0n) is 7.77. The van der Waals surface area contributed by atoms with E-state index in [1.165, 1.54) is 0 Å². The number of rotatable bonds is 4. The van der Waals surface area contributed by atoms with E-state index in [4.69, 9.17) is 10.8 Å². The molecule has 0 amide bonds. The van der Waals surface area contributed by atoms with Gasteiger partial charge in [0.2, 0.25) is 0 Å². The number of nitrogens with two attached hydrogens (primary N) is 1.